The van der Waals surface area contributed by atoms with Gasteiger partial charge in [-0.05, 0) is 29.8 Å². The second-order valence-corrected chi connectivity index (χ2v) is 5.15. The third-order valence-corrected chi connectivity index (χ3v) is 3.79. The topological polar surface area (TPSA) is 54.1 Å². The van der Waals surface area contributed by atoms with Gasteiger partial charge in [0.2, 0.25) is 0 Å². The quantitative estimate of drug-likeness (QED) is 0.756. The summed E-state index contributed by atoms with van der Waals surface area (Å²) in [5.74, 6) is 0.692. The lowest BCUT2D eigenvalue weighted by Crippen LogP contribution is -2.31. The standard InChI is InChI=1S/C17H14N2O2/c20-17(16-10-11-4-1-2-7-15(11)21-16)19-14-6-3-5-13-12(14)8-9-18-13/h1-9,16,18H,10H2,(H,19,20). The number of amides is 1. The van der Waals surface area contributed by atoms with Gasteiger partial charge in [-0.3, -0.25) is 4.79 Å². The van der Waals surface area contributed by atoms with Gasteiger partial charge < -0.3 is 15.0 Å². The van der Waals surface area contributed by atoms with E-state index in [1.54, 1.807) is 0 Å². The van der Waals surface area contributed by atoms with Crippen LogP contribution in [0, 0.1) is 0 Å². The number of aromatic nitrogens is 1. The summed E-state index contributed by atoms with van der Waals surface area (Å²) in [6.45, 7) is 0. The SMILES string of the molecule is O=C(Nc1cccc2[nH]ccc12)C1Cc2ccccc2O1. The monoisotopic (exact) mass is 278 g/mol. The van der Waals surface area contributed by atoms with Crippen molar-refractivity contribution in [3.63, 3.8) is 0 Å². The number of hydrogen-bond acceptors (Lipinski definition) is 2. The van der Waals surface area contributed by atoms with Crippen molar-refractivity contribution in [3.05, 3.63) is 60.3 Å². The van der Waals surface area contributed by atoms with Gasteiger partial charge in [0.1, 0.15) is 5.75 Å². The zero-order chi connectivity index (χ0) is 14.2. The Morgan fingerprint density at radius 3 is 2.95 bits per heavy atom. The molecule has 2 heterocycles. The van der Waals surface area contributed by atoms with Gasteiger partial charge in [-0.2, -0.15) is 0 Å². The van der Waals surface area contributed by atoms with Crippen molar-refractivity contribution in [2.75, 3.05) is 5.32 Å². The summed E-state index contributed by atoms with van der Waals surface area (Å²) in [5, 5.41) is 3.97. The molecule has 1 aliphatic heterocycles. The number of hydrogen-bond donors (Lipinski definition) is 2. The lowest BCUT2D eigenvalue weighted by atomic mass is 10.1. The molecule has 2 N–H and O–H groups in total. The second kappa shape index (κ2) is 4.66. The number of para-hydroxylation sites is 1. The van der Waals surface area contributed by atoms with E-state index < -0.39 is 6.10 Å². The van der Waals surface area contributed by atoms with Crippen molar-refractivity contribution in [1.29, 1.82) is 0 Å². The Hall–Kier alpha value is -2.75. The van der Waals surface area contributed by atoms with Crippen molar-refractivity contribution in [3.8, 4) is 5.75 Å². The number of nitrogens with one attached hydrogen (secondary N) is 2. The first-order valence-electron chi connectivity index (χ1n) is 6.93. The average Bonchev–Trinajstić information content (AvgIpc) is 3.14. The number of fused-ring (bicyclic) bond motifs is 2. The fourth-order valence-corrected chi connectivity index (χ4v) is 2.74. The summed E-state index contributed by atoms with van der Waals surface area (Å²) >= 11 is 0. The van der Waals surface area contributed by atoms with E-state index in [4.69, 9.17) is 4.74 Å². The van der Waals surface area contributed by atoms with Gasteiger partial charge in [0.05, 0.1) is 5.69 Å². The normalized spacial score (nSPS) is 16.5. The van der Waals surface area contributed by atoms with Crippen LogP contribution in [-0.2, 0) is 11.2 Å². The fraction of sp³-hybridized carbons (Fsp3) is 0.118. The molecule has 0 saturated carbocycles. The Labute approximate surface area is 121 Å². The van der Waals surface area contributed by atoms with Crippen LogP contribution in [0.3, 0.4) is 0 Å². The number of anilines is 1. The summed E-state index contributed by atoms with van der Waals surface area (Å²) in [5.41, 5.74) is 2.89. The van der Waals surface area contributed by atoms with E-state index in [1.807, 2.05) is 54.7 Å². The molecular formula is C17H14N2O2. The van der Waals surface area contributed by atoms with Crippen molar-refractivity contribution in [2.24, 2.45) is 0 Å². The molecule has 0 spiro atoms. The molecule has 0 aliphatic carbocycles. The Balaban J connectivity index is 1.56. The van der Waals surface area contributed by atoms with Crippen LogP contribution in [0.4, 0.5) is 5.69 Å². The van der Waals surface area contributed by atoms with Gasteiger partial charge in [-0.25, -0.2) is 0 Å². The third-order valence-electron chi connectivity index (χ3n) is 3.79. The van der Waals surface area contributed by atoms with Crippen molar-refractivity contribution in [1.82, 2.24) is 4.98 Å². The summed E-state index contributed by atoms with van der Waals surface area (Å²) in [7, 11) is 0. The fourth-order valence-electron chi connectivity index (χ4n) is 2.74. The molecule has 0 fully saturated rings. The van der Waals surface area contributed by atoms with Crippen LogP contribution in [0.5, 0.6) is 5.75 Å². The Kier molecular flexibility index (Phi) is 2.67. The number of H-pyrrole nitrogens is 1. The number of benzene rings is 2. The maximum atomic E-state index is 12.4. The zero-order valence-corrected chi connectivity index (χ0v) is 11.3. The van der Waals surface area contributed by atoms with Crippen LogP contribution in [0.2, 0.25) is 0 Å². The maximum Gasteiger partial charge on any atom is 0.265 e. The molecule has 2 aromatic carbocycles. The van der Waals surface area contributed by atoms with Gasteiger partial charge in [0.25, 0.3) is 5.91 Å². The molecule has 4 rings (SSSR count). The Morgan fingerprint density at radius 1 is 1.14 bits per heavy atom. The number of aromatic amines is 1. The first kappa shape index (κ1) is 12.0. The Morgan fingerprint density at radius 2 is 2.05 bits per heavy atom. The summed E-state index contributed by atoms with van der Waals surface area (Å²) in [6, 6.07) is 15.5. The van der Waals surface area contributed by atoms with E-state index in [0.717, 1.165) is 27.9 Å². The first-order chi connectivity index (χ1) is 10.3. The predicted molar refractivity (Wildman–Crippen MR) is 81.5 cm³/mol. The first-order valence-corrected chi connectivity index (χ1v) is 6.93. The number of carbonyl (C=O) groups excluding carboxylic acids is 1. The van der Waals surface area contributed by atoms with Crippen molar-refractivity contribution >= 4 is 22.5 Å². The maximum absolute atomic E-state index is 12.4. The van der Waals surface area contributed by atoms with E-state index in [9.17, 15) is 4.79 Å². The van der Waals surface area contributed by atoms with Crippen molar-refractivity contribution < 1.29 is 9.53 Å². The molecular weight excluding hydrogens is 264 g/mol. The molecule has 3 aromatic rings. The molecule has 0 saturated heterocycles. The van der Waals surface area contributed by atoms with E-state index in [1.165, 1.54) is 0 Å². The molecule has 21 heavy (non-hydrogen) atoms. The van der Waals surface area contributed by atoms with E-state index in [-0.39, 0.29) is 5.91 Å². The minimum absolute atomic E-state index is 0.111. The van der Waals surface area contributed by atoms with Crippen LogP contribution < -0.4 is 10.1 Å². The van der Waals surface area contributed by atoms with Crippen LogP contribution in [0.25, 0.3) is 10.9 Å². The molecule has 4 heteroatoms. The molecule has 1 aliphatic rings. The third kappa shape index (κ3) is 2.05. The summed E-state index contributed by atoms with van der Waals surface area (Å²) < 4.78 is 5.71. The molecule has 0 radical (unpaired) electrons. The van der Waals surface area contributed by atoms with Gasteiger partial charge in [-0.1, -0.05) is 24.3 Å². The minimum atomic E-state index is -0.461. The molecule has 1 atom stereocenters. The summed E-state index contributed by atoms with van der Waals surface area (Å²) in [4.78, 5) is 15.5. The van der Waals surface area contributed by atoms with Crippen molar-refractivity contribution in [2.45, 2.75) is 12.5 Å². The predicted octanol–water partition coefficient (Wildman–Crippen LogP) is 3.11. The molecule has 0 bridgehead atoms. The zero-order valence-electron chi connectivity index (χ0n) is 11.3. The van der Waals surface area contributed by atoms with Gasteiger partial charge in [0.15, 0.2) is 6.10 Å². The van der Waals surface area contributed by atoms with Crippen LogP contribution >= 0.6 is 0 Å². The highest BCUT2D eigenvalue weighted by Crippen LogP contribution is 2.29. The lowest BCUT2D eigenvalue weighted by Gasteiger charge is -2.12. The molecule has 104 valence electrons. The molecule has 1 amide bonds. The van der Waals surface area contributed by atoms with Gasteiger partial charge in [0, 0.05) is 23.5 Å². The van der Waals surface area contributed by atoms with Crippen LogP contribution in [-0.4, -0.2) is 17.0 Å². The van der Waals surface area contributed by atoms with E-state index in [0.29, 0.717) is 6.42 Å². The van der Waals surface area contributed by atoms with Crippen LogP contribution in [0.15, 0.2) is 54.7 Å². The molecule has 1 aromatic heterocycles. The largest absolute Gasteiger partial charge is 0.480 e. The summed E-state index contributed by atoms with van der Waals surface area (Å²) in [6.07, 6.45) is 2.02. The molecule has 1 unspecified atom stereocenters. The smallest absolute Gasteiger partial charge is 0.265 e. The Bertz CT molecular complexity index is 797. The highest BCUT2D eigenvalue weighted by molar-refractivity contribution is 6.03. The number of rotatable bonds is 2. The number of carbonyl (C=O) groups is 1. The second-order valence-electron chi connectivity index (χ2n) is 5.15. The van der Waals surface area contributed by atoms with Gasteiger partial charge >= 0.3 is 0 Å². The van der Waals surface area contributed by atoms with Gasteiger partial charge in [-0.15, -0.1) is 0 Å². The van der Waals surface area contributed by atoms with E-state index in [2.05, 4.69) is 10.3 Å². The molecule has 4 nitrogen and oxygen atoms in total. The minimum Gasteiger partial charge on any atom is -0.480 e. The average molecular weight is 278 g/mol. The van der Waals surface area contributed by atoms with Crippen LogP contribution in [0.1, 0.15) is 5.56 Å². The lowest BCUT2D eigenvalue weighted by molar-refractivity contribution is -0.122. The number of ether oxygens (including phenoxy) is 1. The highest BCUT2D eigenvalue weighted by Gasteiger charge is 2.28. The van der Waals surface area contributed by atoms with E-state index >= 15 is 0 Å². The highest BCUT2D eigenvalue weighted by atomic mass is 16.5.